The lowest BCUT2D eigenvalue weighted by atomic mass is 10.2. The standard InChI is InChI=1S/C14H15ClN2O3/c1-3-19-13-5-4-11(6-10(13)7-15)17-14(18)12-8-16-20-9(12)2/h4-6,8H,3,7H2,1-2H3,(H,17,18). The molecule has 0 aliphatic rings. The Balaban J connectivity index is 2.18. The summed E-state index contributed by atoms with van der Waals surface area (Å²) >= 11 is 5.88. The van der Waals surface area contributed by atoms with Crippen molar-refractivity contribution < 1.29 is 14.1 Å². The minimum absolute atomic E-state index is 0.270. The van der Waals surface area contributed by atoms with Gasteiger partial charge in [-0.1, -0.05) is 5.16 Å². The van der Waals surface area contributed by atoms with Crippen molar-refractivity contribution in [3.05, 3.63) is 41.3 Å². The number of alkyl halides is 1. The minimum Gasteiger partial charge on any atom is -0.494 e. The molecule has 20 heavy (non-hydrogen) atoms. The van der Waals surface area contributed by atoms with E-state index in [2.05, 4.69) is 10.5 Å². The molecule has 0 fully saturated rings. The number of carbonyl (C=O) groups excluding carboxylic acids is 1. The van der Waals surface area contributed by atoms with Gasteiger partial charge in [0.2, 0.25) is 0 Å². The average molecular weight is 295 g/mol. The molecule has 1 aromatic carbocycles. The molecular formula is C14H15ClN2O3. The SMILES string of the molecule is CCOc1ccc(NC(=O)c2cnoc2C)cc1CCl. The lowest BCUT2D eigenvalue weighted by molar-refractivity contribution is 0.102. The zero-order valence-electron chi connectivity index (χ0n) is 11.3. The number of anilines is 1. The predicted octanol–water partition coefficient (Wildman–Crippen LogP) is 3.37. The molecule has 0 bridgehead atoms. The van der Waals surface area contributed by atoms with E-state index in [1.165, 1.54) is 6.20 Å². The second kappa shape index (κ2) is 6.43. The summed E-state index contributed by atoms with van der Waals surface area (Å²) in [6.45, 7) is 4.15. The number of amides is 1. The van der Waals surface area contributed by atoms with Gasteiger partial charge in [0.15, 0.2) is 0 Å². The van der Waals surface area contributed by atoms with Crippen molar-refractivity contribution in [1.29, 1.82) is 0 Å². The molecule has 1 amide bonds. The molecule has 6 heteroatoms. The quantitative estimate of drug-likeness (QED) is 0.859. The number of nitrogens with one attached hydrogen (secondary N) is 1. The van der Waals surface area contributed by atoms with Gasteiger partial charge in [-0.15, -0.1) is 11.6 Å². The average Bonchev–Trinajstić information content (AvgIpc) is 2.87. The molecule has 1 heterocycles. The number of hydrogen-bond acceptors (Lipinski definition) is 4. The van der Waals surface area contributed by atoms with Gasteiger partial charge in [0.1, 0.15) is 17.1 Å². The van der Waals surface area contributed by atoms with Crippen LogP contribution in [0.5, 0.6) is 5.75 Å². The van der Waals surface area contributed by atoms with Crippen molar-refractivity contribution in [1.82, 2.24) is 5.16 Å². The molecule has 0 unspecified atom stereocenters. The first-order valence-electron chi connectivity index (χ1n) is 6.20. The summed E-state index contributed by atoms with van der Waals surface area (Å²) in [5.74, 6) is 1.24. The summed E-state index contributed by atoms with van der Waals surface area (Å²) < 4.78 is 10.3. The Labute approximate surface area is 121 Å². The van der Waals surface area contributed by atoms with Crippen molar-refractivity contribution in [3.8, 4) is 5.75 Å². The molecule has 1 aromatic heterocycles. The Morgan fingerprint density at radius 3 is 2.90 bits per heavy atom. The molecule has 2 rings (SSSR count). The fourth-order valence-corrected chi connectivity index (χ4v) is 1.98. The molecule has 0 atom stereocenters. The molecule has 0 spiro atoms. The third-order valence-corrected chi connectivity index (χ3v) is 3.05. The van der Waals surface area contributed by atoms with E-state index < -0.39 is 0 Å². The molecule has 0 saturated carbocycles. The maximum absolute atomic E-state index is 12.0. The third kappa shape index (κ3) is 3.11. The normalized spacial score (nSPS) is 10.3. The summed E-state index contributed by atoms with van der Waals surface area (Å²) in [6, 6.07) is 5.35. The summed E-state index contributed by atoms with van der Waals surface area (Å²) in [4.78, 5) is 12.0. The third-order valence-electron chi connectivity index (χ3n) is 2.76. The smallest absolute Gasteiger partial charge is 0.260 e. The zero-order chi connectivity index (χ0) is 14.5. The van der Waals surface area contributed by atoms with Crippen LogP contribution in [0.1, 0.15) is 28.6 Å². The molecule has 0 aliphatic carbocycles. The Morgan fingerprint density at radius 2 is 2.30 bits per heavy atom. The van der Waals surface area contributed by atoms with Crippen molar-refractivity contribution in [2.75, 3.05) is 11.9 Å². The Hall–Kier alpha value is -2.01. The number of aromatic nitrogens is 1. The van der Waals surface area contributed by atoms with Gasteiger partial charge in [-0.3, -0.25) is 4.79 Å². The van der Waals surface area contributed by atoms with Crippen LogP contribution in [-0.2, 0) is 5.88 Å². The highest BCUT2D eigenvalue weighted by molar-refractivity contribution is 6.17. The maximum atomic E-state index is 12.0. The topological polar surface area (TPSA) is 64.4 Å². The fourth-order valence-electron chi connectivity index (χ4n) is 1.77. The zero-order valence-corrected chi connectivity index (χ0v) is 12.0. The predicted molar refractivity (Wildman–Crippen MR) is 76.4 cm³/mol. The van der Waals surface area contributed by atoms with Crippen LogP contribution in [0, 0.1) is 6.92 Å². The number of nitrogens with zero attached hydrogens (tertiary/aromatic N) is 1. The molecule has 5 nitrogen and oxygen atoms in total. The molecule has 2 aromatic rings. The van der Waals surface area contributed by atoms with Gasteiger partial charge in [0, 0.05) is 11.3 Å². The van der Waals surface area contributed by atoms with E-state index in [1.807, 2.05) is 6.92 Å². The molecule has 0 aliphatic heterocycles. The Bertz CT molecular complexity index is 610. The number of aryl methyl sites for hydroxylation is 1. The maximum Gasteiger partial charge on any atom is 0.260 e. The summed E-state index contributed by atoms with van der Waals surface area (Å²) in [5, 5.41) is 6.36. The Kier molecular flexibility index (Phi) is 4.63. The molecule has 1 N–H and O–H groups in total. The first-order chi connectivity index (χ1) is 9.65. The van der Waals surface area contributed by atoms with E-state index in [1.54, 1.807) is 25.1 Å². The van der Waals surface area contributed by atoms with Gasteiger partial charge in [0.05, 0.1) is 18.7 Å². The van der Waals surface area contributed by atoms with E-state index >= 15 is 0 Å². The van der Waals surface area contributed by atoms with Crippen molar-refractivity contribution in [2.45, 2.75) is 19.7 Å². The second-order valence-corrected chi connectivity index (χ2v) is 4.41. The highest BCUT2D eigenvalue weighted by atomic mass is 35.5. The number of benzene rings is 1. The van der Waals surface area contributed by atoms with E-state index in [-0.39, 0.29) is 5.91 Å². The van der Waals surface area contributed by atoms with Gasteiger partial charge in [-0.2, -0.15) is 0 Å². The van der Waals surface area contributed by atoms with Crippen LogP contribution >= 0.6 is 11.6 Å². The van der Waals surface area contributed by atoms with Gasteiger partial charge in [0.25, 0.3) is 5.91 Å². The molecule has 0 saturated heterocycles. The molecule has 0 radical (unpaired) electrons. The van der Waals surface area contributed by atoms with Crippen LogP contribution in [0.3, 0.4) is 0 Å². The molecule has 106 valence electrons. The number of carbonyl (C=O) groups is 1. The number of hydrogen-bond donors (Lipinski definition) is 1. The van der Waals surface area contributed by atoms with Crippen LogP contribution in [0.2, 0.25) is 0 Å². The lowest BCUT2D eigenvalue weighted by Crippen LogP contribution is -2.12. The van der Waals surface area contributed by atoms with Crippen LogP contribution in [0.4, 0.5) is 5.69 Å². The first-order valence-corrected chi connectivity index (χ1v) is 6.73. The summed E-state index contributed by atoms with van der Waals surface area (Å²) in [7, 11) is 0. The number of rotatable bonds is 5. The largest absolute Gasteiger partial charge is 0.494 e. The highest BCUT2D eigenvalue weighted by Crippen LogP contribution is 2.25. The highest BCUT2D eigenvalue weighted by Gasteiger charge is 2.13. The number of ether oxygens (including phenoxy) is 1. The minimum atomic E-state index is -0.270. The van der Waals surface area contributed by atoms with E-state index in [0.29, 0.717) is 29.5 Å². The second-order valence-electron chi connectivity index (χ2n) is 4.14. The Morgan fingerprint density at radius 1 is 1.50 bits per heavy atom. The van der Waals surface area contributed by atoms with Gasteiger partial charge in [-0.05, 0) is 32.0 Å². The van der Waals surface area contributed by atoms with E-state index in [9.17, 15) is 4.79 Å². The van der Waals surface area contributed by atoms with Crippen LogP contribution in [0.25, 0.3) is 0 Å². The summed E-state index contributed by atoms with van der Waals surface area (Å²) in [5.41, 5.74) is 1.88. The van der Waals surface area contributed by atoms with Crippen LogP contribution < -0.4 is 10.1 Å². The van der Waals surface area contributed by atoms with E-state index in [0.717, 1.165) is 11.3 Å². The fraction of sp³-hybridized carbons (Fsp3) is 0.286. The van der Waals surface area contributed by atoms with Crippen LogP contribution in [0.15, 0.2) is 28.9 Å². The van der Waals surface area contributed by atoms with Crippen molar-refractivity contribution in [3.63, 3.8) is 0 Å². The van der Waals surface area contributed by atoms with Gasteiger partial charge < -0.3 is 14.6 Å². The van der Waals surface area contributed by atoms with Crippen molar-refractivity contribution in [2.24, 2.45) is 0 Å². The number of halogens is 1. The van der Waals surface area contributed by atoms with Gasteiger partial charge >= 0.3 is 0 Å². The summed E-state index contributed by atoms with van der Waals surface area (Å²) in [6.07, 6.45) is 1.39. The van der Waals surface area contributed by atoms with Gasteiger partial charge in [-0.25, -0.2) is 0 Å². The molecular weight excluding hydrogens is 280 g/mol. The monoisotopic (exact) mass is 294 g/mol. The first kappa shape index (κ1) is 14.4. The van der Waals surface area contributed by atoms with Crippen molar-refractivity contribution >= 4 is 23.2 Å². The van der Waals surface area contributed by atoms with E-state index in [4.69, 9.17) is 20.9 Å². The van der Waals surface area contributed by atoms with Crippen LogP contribution in [-0.4, -0.2) is 17.7 Å². The lowest BCUT2D eigenvalue weighted by Gasteiger charge is -2.11.